The highest BCUT2D eigenvalue weighted by atomic mass is 16.7. The third-order valence-corrected chi connectivity index (χ3v) is 11.4. The van der Waals surface area contributed by atoms with E-state index in [-0.39, 0.29) is 5.41 Å². The second kappa shape index (κ2) is 11.3. The van der Waals surface area contributed by atoms with Crippen molar-refractivity contribution in [2.24, 2.45) is 5.92 Å². The van der Waals surface area contributed by atoms with Gasteiger partial charge in [-0.1, -0.05) is 147 Å². The van der Waals surface area contributed by atoms with Crippen LogP contribution in [0.25, 0.3) is 50.1 Å². The van der Waals surface area contributed by atoms with Crippen LogP contribution in [-0.2, 0) is 14.7 Å². The summed E-state index contributed by atoms with van der Waals surface area (Å²) in [5, 5.41) is 0. The summed E-state index contributed by atoms with van der Waals surface area (Å²) in [7, 11) is -0.442. The largest absolute Gasteiger partial charge is 0.494 e. The zero-order valence-corrected chi connectivity index (χ0v) is 28.9. The van der Waals surface area contributed by atoms with Crippen molar-refractivity contribution in [2.45, 2.75) is 64.6 Å². The van der Waals surface area contributed by atoms with E-state index < -0.39 is 18.3 Å². The van der Waals surface area contributed by atoms with Gasteiger partial charge in [-0.05, 0) is 112 Å². The first-order valence-corrected chi connectivity index (χ1v) is 17.3. The molecular weight excluding hydrogens is 583 g/mol. The molecule has 1 aliphatic heterocycles. The summed E-state index contributed by atoms with van der Waals surface area (Å²) in [6, 6.07) is 42.0. The van der Waals surface area contributed by atoms with Crippen LogP contribution in [-0.4, -0.2) is 18.3 Å². The number of fused-ring (bicyclic) bond motifs is 3. The van der Waals surface area contributed by atoms with Crippen LogP contribution < -0.4 is 5.46 Å². The molecule has 2 nitrogen and oxygen atoms in total. The van der Waals surface area contributed by atoms with Crippen LogP contribution in [0, 0.1) is 5.92 Å². The first-order chi connectivity index (χ1) is 23.1. The zero-order valence-electron chi connectivity index (χ0n) is 28.9. The Balaban J connectivity index is 1.54. The molecule has 2 aliphatic carbocycles. The lowest BCUT2D eigenvalue weighted by Gasteiger charge is -2.32. The summed E-state index contributed by atoms with van der Waals surface area (Å²) in [4.78, 5) is 0. The van der Waals surface area contributed by atoms with E-state index in [2.05, 4.69) is 175 Å². The van der Waals surface area contributed by atoms with Crippen molar-refractivity contribution in [1.82, 2.24) is 0 Å². The Morgan fingerprint density at radius 3 is 1.56 bits per heavy atom. The summed E-state index contributed by atoms with van der Waals surface area (Å²) in [6.45, 7) is 13.4. The van der Waals surface area contributed by atoms with Crippen molar-refractivity contribution in [3.8, 4) is 44.5 Å². The number of benzene rings is 5. The van der Waals surface area contributed by atoms with Crippen molar-refractivity contribution in [2.75, 3.05) is 0 Å². The number of rotatable bonds is 5. The van der Waals surface area contributed by atoms with Crippen LogP contribution in [0.4, 0.5) is 0 Å². The van der Waals surface area contributed by atoms with E-state index >= 15 is 0 Å². The molecule has 48 heavy (non-hydrogen) atoms. The fourth-order valence-corrected chi connectivity index (χ4v) is 8.22. The summed E-state index contributed by atoms with van der Waals surface area (Å²) in [6.07, 6.45) is 8.02. The fourth-order valence-electron chi connectivity index (χ4n) is 8.22. The maximum Gasteiger partial charge on any atom is 0.494 e. The number of hydrogen-bond donors (Lipinski definition) is 0. The van der Waals surface area contributed by atoms with Crippen LogP contribution >= 0.6 is 0 Å². The monoisotopic (exact) mass is 626 g/mol. The Morgan fingerprint density at radius 1 is 0.542 bits per heavy atom. The van der Waals surface area contributed by atoms with Gasteiger partial charge in [0.15, 0.2) is 0 Å². The van der Waals surface area contributed by atoms with Crippen LogP contribution in [0.2, 0.25) is 0 Å². The molecule has 0 N–H and O–H groups in total. The Labute approximate surface area is 286 Å². The average molecular weight is 627 g/mol. The van der Waals surface area contributed by atoms with Crippen molar-refractivity contribution in [3.05, 3.63) is 145 Å². The highest BCUT2D eigenvalue weighted by molar-refractivity contribution is 6.62. The van der Waals surface area contributed by atoms with E-state index in [4.69, 9.17) is 9.31 Å². The van der Waals surface area contributed by atoms with Gasteiger partial charge in [0.05, 0.1) is 11.2 Å². The third kappa shape index (κ3) is 4.78. The van der Waals surface area contributed by atoms with Gasteiger partial charge >= 0.3 is 7.12 Å². The van der Waals surface area contributed by atoms with Crippen molar-refractivity contribution < 1.29 is 9.31 Å². The second-order valence-corrected chi connectivity index (χ2v) is 15.1. The van der Waals surface area contributed by atoms with E-state index in [1.165, 1.54) is 61.2 Å². The molecule has 3 heteroatoms. The molecule has 1 fully saturated rings. The van der Waals surface area contributed by atoms with Gasteiger partial charge in [-0.3, -0.25) is 0 Å². The highest BCUT2D eigenvalue weighted by Crippen LogP contribution is 2.62. The molecule has 0 amide bonds. The molecule has 5 aromatic carbocycles. The van der Waals surface area contributed by atoms with E-state index in [1.807, 2.05) is 0 Å². The maximum atomic E-state index is 6.60. The van der Waals surface area contributed by atoms with E-state index in [1.54, 1.807) is 0 Å². The first-order valence-electron chi connectivity index (χ1n) is 17.3. The zero-order chi connectivity index (χ0) is 33.3. The Hall–Kier alpha value is -4.44. The van der Waals surface area contributed by atoms with Gasteiger partial charge in [-0.25, -0.2) is 0 Å². The maximum absolute atomic E-state index is 6.60. The van der Waals surface area contributed by atoms with Crippen molar-refractivity contribution in [1.29, 1.82) is 0 Å². The van der Waals surface area contributed by atoms with Crippen molar-refractivity contribution in [3.63, 3.8) is 0 Å². The first kappa shape index (κ1) is 30.9. The van der Waals surface area contributed by atoms with Gasteiger partial charge in [-0.15, -0.1) is 0 Å². The Morgan fingerprint density at radius 2 is 1.02 bits per heavy atom. The predicted octanol–water partition coefficient (Wildman–Crippen LogP) is 10.9. The molecule has 0 radical (unpaired) electrons. The van der Waals surface area contributed by atoms with Crippen LogP contribution in [0.1, 0.15) is 59.1 Å². The predicted molar refractivity (Wildman–Crippen MR) is 202 cm³/mol. The van der Waals surface area contributed by atoms with Crippen LogP contribution in [0.3, 0.4) is 0 Å². The minimum atomic E-state index is -0.442. The smallest absolute Gasteiger partial charge is 0.399 e. The molecule has 8 rings (SSSR count). The molecule has 1 saturated heterocycles. The molecule has 1 atom stereocenters. The van der Waals surface area contributed by atoms with Gasteiger partial charge in [-0.2, -0.15) is 0 Å². The fraction of sp³-hybridized carbons (Fsp3) is 0.244. The summed E-state index contributed by atoms with van der Waals surface area (Å²) >= 11 is 0. The normalized spacial score (nSPS) is 19.9. The Bertz CT molecular complexity index is 2050. The summed E-state index contributed by atoms with van der Waals surface area (Å²) < 4.78 is 13.2. The van der Waals surface area contributed by atoms with Crippen LogP contribution in [0.15, 0.2) is 133 Å². The van der Waals surface area contributed by atoms with Gasteiger partial charge in [0.2, 0.25) is 0 Å². The molecule has 0 aromatic heterocycles. The quantitative estimate of drug-likeness (QED) is 0.181. The molecule has 3 aliphatic rings. The third-order valence-electron chi connectivity index (χ3n) is 11.4. The van der Waals surface area contributed by atoms with E-state index in [9.17, 15) is 0 Å². The second-order valence-electron chi connectivity index (χ2n) is 15.1. The molecule has 0 spiro atoms. The molecule has 238 valence electrons. The van der Waals surface area contributed by atoms with E-state index in [0.29, 0.717) is 5.92 Å². The van der Waals surface area contributed by atoms with Crippen LogP contribution in [0.5, 0.6) is 0 Å². The molecule has 1 heterocycles. The summed E-state index contributed by atoms with van der Waals surface area (Å²) in [5.74, 6) is 0.375. The highest BCUT2D eigenvalue weighted by Gasteiger charge is 2.52. The van der Waals surface area contributed by atoms with Gasteiger partial charge < -0.3 is 9.31 Å². The minimum absolute atomic E-state index is 0.121. The molecule has 5 aromatic rings. The van der Waals surface area contributed by atoms with Crippen molar-refractivity contribution >= 4 is 18.2 Å². The SMILES string of the molecule is CC1(C)c2c(c(-c3ccccc3)c(-c3ccccc3)c(-c3ccccc3)c2-c2cccc(B3OC(C)(C)C(C)(C)O3)c2)C2=CC=CCC21. The molecule has 0 bridgehead atoms. The lowest BCUT2D eigenvalue weighted by atomic mass is 9.70. The lowest BCUT2D eigenvalue weighted by Crippen LogP contribution is -2.41. The minimum Gasteiger partial charge on any atom is -0.399 e. The topological polar surface area (TPSA) is 18.5 Å². The standard InChI is InChI=1S/C45H43BO2/c1-43(2)36-28-17-16-27-35(36)41-39(32-23-14-9-15-24-32)37(30-19-10-7-11-20-30)38(31-21-12-8-13-22-31)40(42(41)43)33-25-18-26-34(29-33)46-47-44(3,4)45(5,6)48-46/h7-27,29,36H,28H2,1-6H3. The van der Waals surface area contributed by atoms with Gasteiger partial charge in [0, 0.05) is 0 Å². The Kier molecular flexibility index (Phi) is 7.29. The average Bonchev–Trinajstić information content (AvgIpc) is 3.48. The van der Waals surface area contributed by atoms with Gasteiger partial charge in [0.1, 0.15) is 0 Å². The number of allylic oxidation sites excluding steroid dienone is 4. The molecule has 0 saturated carbocycles. The lowest BCUT2D eigenvalue weighted by molar-refractivity contribution is 0.00578. The number of hydrogen-bond acceptors (Lipinski definition) is 2. The molecule has 1 unspecified atom stereocenters. The van der Waals surface area contributed by atoms with Gasteiger partial charge in [0.25, 0.3) is 0 Å². The summed E-state index contributed by atoms with van der Waals surface area (Å²) in [5.41, 5.74) is 14.4. The molecular formula is C45H43BO2. The van der Waals surface area contributed by atoms with E-state index in [0.717, 1.165) is 11.9 Å².